The second-order valence-corrected chi connectivity index (χ2v) is 3.89. The number of alkyl halides is 1. The lowest BCUT2D eigenvalue weighted by Crippen LogP contribution is -2.30. The van der Waals surface area contributed by atoms with Crippen molar-refractivity contribution in [2.45, 2.75) is 25.4 Å². The molecule has 0 amide bonds. The van der Waals surface area contributed by atoms with Gasteiger partial charge in [-0.15, -0.1) is 0 Å². The van der Waals surface area contributed by atoms with Crippen LogP contribution in [0, 0.1) is 5.82 Å². The number of carboxylic acid groups (broad SMARTS) is 1. The average molecular weight is 214 g/mol. The number of hydrogen-bond donors (Lipinski definition) is 1. The zero-order chi connectivity index (χ0) is 11.6. The van der Waals surface area contributed by atoms with Crippen LogP contribution in [-0.2, 0) is 4.79 Å². The number of benzene rings is 1. The average Bonchev–Trinajstić information content (AvgIpc) is 2.05. The molecular formula is C11H12F2O2. The number of hydrogen-bond acceptors (Lipinski definition) is 1. The summed E-state index contributed by atoms with van der Waals surface area (Å²) in [7, 11) is 0. The second kappa shape index (κ2) is 3.96. The maximum atomic E-state index is 13.6. The molecule has 1 aromatic rings. The quantitative estimate of drug-likeness (QED) is 0.839. The first kappa shape index (κ1) is 11.6. The first-order valence-corrected chi connectivity index (χ1v) is 4.49. The Labute approximate surface area is 86.5 Å². The van der Waals surface area contributed by atoms with Crippen LogP contribution in [-0.4, -0.2) is 16.7 Å². The van der Waals surface area contributed by atoms with Crippen molar-refractivity contribution in [3.05, 3.63) is 35.6 Å². The predicted molar refractivity (Wildman–Crippen MR) is 52.0 cm³/mol. The highest BCUT2D eigenvalue weighted by Gasteiger charge is 2.36. The molecule has 82 valence electrons. The predicted octanol–water partition coefficient (Wildman–Crippen LogP) is 2.74. The highest BCUT2D eigenvalue weighted by molar-refractivity contribution is 5.77. The third-order valence-corrected chi connectivity index (χ3v) is 2.14. The molecule has 0 fully saturated rings. The monoisotopic (exact) mass is 214 g/mol. The van der Waals surface area contributed by atoms with Gasteiger partial charge in [0.15, 0.2) is 0 Å². The summed E-state index contributed by atoms with van der Waals surface area (Å²) in [6.07, 6.45) is 0. The summed E-state index contributed by atoms with van der Waals surface area (Å²) >= 11 is 0. The molecule has 0 spiro atoms. The third-order valence-electron chi connectivity index (χ3n) is 2.14. The van der Waals surface area contributed by atoms with Gasteiger partial charge in [0.05, 0.1) is 0 Å². The molecule has 1 aromatic carbocycles. The zero-order valence-electron chi connectivity index (χ0n) is 8.50. The Hall–Kier alpha value is -1.45. The minimum absolute atomic E-state index is 0.261. The van der Waals surface area contributed by atoms with Gasteiger partial charge in [-0.3, -0.25) is 4.79 Å². The van der Waals surface area contributed by atoms with E-state index in [1.54, 1.807) is 0 Å². The molecule has 0 saturated heterocycles. The second-order valence-electron chi connectivity index (χ2n) is 3.89. The van der Waals surface area contributed by atoms with Gasteiger partial charge >= 0.3 is 5.97 Å². The van der Waals surface area contributed by atoms with E-state index in [2.05, 4.69) is 0 Å². The fraction of sp³-hybridized carbons (Fsp3) is 0.364. The van der Waals surface area contributed by atoms with Crippen LogP contribution in [0.15, 0.2) is 24.3 Å². The molecular weight excluding hydrogens is 202 g/mol. The van der Waals surface area contributed by atoms with Crippen LogP contribution in [0.2, 0.25) is 0 Å². The first-order valence-electron chi connectivity index (χ1n) is 4.49. The van der Waals surface area contributed by atoms with Gasteiger partial charge in [0.2, 0.25) is 0 Å². The summed E-state index contributed by atoms with van der Waals surface area (Å²) in [5.74, 6) is -3.01. The van der Waals surface area contributed by atoms with E-state index < -0.39 is 23.4 Å². The van der Waals surface area contributed by atoms with Crippen molar-refractivity contribution in [1.82, 2.24) is 0 Å². The smallest absolute Gasteiger partial charge is 0.314 e. The van der Waals surface area contributed by atoms with E-state index in [1.807, 2.05) is 0 Å². The molecule has 0 aliphatic carbocycles. The Balaban J connectivity index is 3.11. The van der Waals surface area contributed by atoms with Gasteiger partial charge in [-0.2, -0.15) is 0 Å². The van der Waals surface area contributed by atoms with Gasteiger partial charge < -0.3 is 5.11 Å². The minimum atomic E-state index is -1.89. The normalized spacial score (nSPS) is 13.6. The lowest BCUT2D eigenvalue weighted by molar-refractivity contribution is -0.142. The molecule has 0 aliphatic rings. The van der Waals surface area contributed by atoms with Crippen LogP contribution in [0.3, 0.4) is 0 Å². The fourth-order valence-corrected chi connectivity index (χ4v) is 1.49. The molecule has 1 atom stereocenters. The van der Waals surface area contributed by atoms with Crippen molar-refractivity contribution >= 4 is 5.97 Å². The minimum Gasteiger partial charge on any atom is -0.481 e. The Morgan fingerprint density at radius 2 is 1.80 bits per heavy atom. The van der Waals surface area contributed by atoms with Gasteiger partial charge in [0.25, 0.3) is 0 Å². The number of aliphatic carboxylic acids is 1. The maximum Gasteiger partial charge on any atom is 0.314 e. The van der Waals surface area contributed by atoms with Crippen molar-refractivity contribution in [3.8, 4) is 0 Å². The zero-order valence-corrected chi connectivity index (χ0v) is 8.50. The third kappa shape index (κ3) is 2.75. The standard InChI is InChI=1S/C11H12F2O2/c1-11(2,13)9(10(14)15)7-3-5-8(12)6-4-7/h3-6,9H,1-2H3,(H,14,15). The summed E-state index contributed by atoms with van der Waals surface area (Å²) in [5, 5.41) is 8.90. The van der Waals surface area contributed by atoms with Crippen LogP contribution in [0.5, 0.6) is 0 Å². The van der Waals surface area contributed by atoms with Gasteiger partial charge in [-0.1, -0.05) is 12.1 Å². The van der Waals surface area contributed by atoms with Crippen LogP contribution in [0.25, 0.3) is 0 Å². The lowest BCUT2D eigenvalue weighted by atomic mass is 9.86. The topological polar surface area (TPSA) is 37.3 Å². The van der Waals surface area contributed by atoms with Crippen molar-refractivity contribution in [2.75, 3.05) is 0 Å². The van der Waals surface area contributed by atoms with Crippen LogP contribution >= 0.6 is 0 Å². The van der Waals surface area contributed by atoms with Crippen LogP contribution in [0.4, 0.5) is 8.78 Å². The van der Waals surface area contributed by atoms with Crippen molar-refractivity contribution in [1.29, 1.82) is 0 Å². The maximum absolute atomic E-state index is 13.6. The molecule has 0 saturated carbocycles. The van der Waals surface area contributed by atoms with Crippen LogP contribution in [0.1, 0.15) is 25.3 Å². The van der Waals surface area contributed by atoms with Crippen molar-refractivity contribution in [2.24, 2.45) is 0 Å². The summed E-state index contributed by atoms with van der Waals surface area (Å²) in [4.78, 5) is 10.9. The number of carbonyl (C=O) groups is 1. The lowest BCUT2D eigenvalue weighted by Gasteiger charge is -2.23. The van der Waals surface area contributed by atoms with Gasteiger partial charge in [0.1, 0.15) is 17.4 Å². The summed E-state index contributed by atoms with van der Waals surface area (Å²) < 4.78 is 26.2. The number of carboxylic acids is 1. The first-order chi connectivity index (χ1) is 6.82. The number of rotatable bonds is 3. The molecule has 1 rings (SSSR count). The van der Waals surface area contributed by atoms with E-state index in [-0.39, 0.29) is 5.56 Å². The molecule has 1 N–H and O–H groups in total. The summed E-state index contributed by atoms with van der Waals surface area (Å²) in [6, 6.07) is 4.82. The number of halogens is 2. The molecule has 0 aromatic heterocycles. The SMILES string of the molecule is CC(C)(F)C(C(=O)O)c1ccc(F)cc1. The Bertz CT molecular complexity index is 352. The molecule has 0 bridgehead atoms. The van der Waals surface area contributed by atoms with Gasteiger partial charge in [-0.25, -0.2) is 8.78 Å². The molecule has 0 aliphatic heterocycles. The molecule has 2 nitrogen and oxygen atoms in total. The molecule has 1 unspecified atom stereocenters. The van der Waals surface area contributed by atoms with E-state index >= 15 is 0 Å². The fourth-order valence-electron chi connectivity index (χ4n) is 1.49. The van der Waals surface area contributed by atoms with Gasteiger partial charge in [0, 0.05) is 0 Å². The van der Waals surface area contributed by atoms with E-state index in [9.17, 15) is 13.6 Å². The van der Waals surface area contributed by atoms with Crippen molar-refractivity contribution < 1.29 is 18.7 Å². The van der Waals surface area contributed by atoms with E-state index in [4.69, 9.17) is 5.11 Å². The Kier molecular flexibility index (Phi) is 3.07. The summed E-state index contributed by atoms with van der Waals surface area (Å²) in [5.41, 5.74) is -1.62. The largest absolute Gasteiger partial charge is 0.481 e. The molecule has 0 heterocycles. The molecule has 4 heteroatoms. The van der Waals surface area contributed by atoms with Crippen LogP contribution < -0.4 is 0 Å². The van der Waals surface area contributed by atoms with E-state index in [0.29, 0.717) is 0 Å². The highest BCUT2D eigenvalue weighted by Crippen LogP contribution is 2.31. The molecule has 15 heavy (non-hydrogen) atoms. The summed E-state index contributed by atoms with van der Waals surface area (Å²) in [6.45, 7) is 2.38. The van der Waals surface area contributed by atoms with E-state index in [1.165, 1.54) is 26.0 Å². The molecule has 0 radical (unpaired) electrons. The van der Waals surface area contributed by atoms with Gasteiger partial charge in [-0.05, 0) is 31.5 Å². The Morgan fingerprint density at radius 3 is 2.13 bits per heavy atom. The van der Waals surface area contributed by atoms with E-state index in [0.717, 1.165) is 12.1 Å². The van der Waals surface area contributed by atoms with Crippen molar-refractivity contribution in [3.63, 3.8) is 0 Å². The Morgan fingerprint density at radius 1 is 1.33 bits per heavy atom. The highest BCUT2D eigenvalue weighted by atomic mass is 19.1.